The molecule has 0 amide bonds. The number of piperidine rings is 1. The number of hydrogen-bond donors (Lipinski definition) is 1. The van der Waals surface area contributed by atoms with Crippen LogP contribution in [0.3, 0.4) is 0 Å². The number of hydrogen-bond acceptors (Lipinski definition) is 4. The summed E-state index contributed by atoms with van der Waals surface area (Å²) in [5.74, 6) is 2.72. The van der Waals surface area contributed by atoms with Gasteiger partial charge in [-0.05, 0) is 58.8 Å². The summed E-state index contributed by atoms with van der Waals surface area (Å²) in [6, 6.07) is 0.284. The number of rotatable bonds is 5. The van der Waals surface area contributed by atoms with Crippen LogP contribution in [0.2, 0.25) is 0 Å². The summed E-state index contributed by atoms with van der Waals surface area (Å²) >= 11 is 0. The van der Waals surface area contributed by atoms with Gasteiger partial charge < -0.3 is 9.73 Å². The van der Waals surface area contributed by atoms with Crippen LogP contribution < -0.4 is 5.32 Å². The number of aromatic nitrogens is 1. The Balaban J connectivity index is 1.90. The van der Waals surface area contributed by atoms with Crippen molar-refractivity contribution >= 4 is 0 Å². The van der Waals surface area contributed by atoms with E-state index in [0.29, 0.717) is 0 Å². The molecule has 4 nitrogen and oxygen atoms in total. The first-order chi connectivity index (χ1) is 9.91. The van der Waals surface area contributed by atoms with Crippen LogP contribution in [0.25, 0.3) is 0 Å². The molecular weight excluding hydrogens is 262 g/mol. The number of likely N-dealkylation sites (tertiary alicyclic amines) is 1. The van der Waals surface area contributed by atoms with Crippen LogP contribution >= 0.6 is 0 Å². The summed E-state index contributed by atoms with van der Waals surface area (Å²) in [7, 11) is 2.03. The Morgan fingerprint density at radius 1 is 1.38 bits per heavy atom. The van der Waals surface area contributed by atoms with Gasteiger partial charge in [0.1, 0.15) is 5.76 Å². The van der Waals surface area contributed by atoms with Gasteiger partial charge in [-0.3, -0.25) is 4.90 Å². The minimum absolute atomic E-state index is 0.0329. The van der Waals surface area contributed by atoms with Gasteiger partial charge in [-0.15, -0.1) is 0 Å². The molecule has 21 heavy (non-hydrogen) atoms. The molecule has 1 saturated heterocycles. The Bertz CT molecular complexity index is 427. The van der Waals surface area contributed by atoms with Gasteiger partial charge in [0, 0.05) is 5.41 Å². The summed E-state index contributed by atoms with van der Waals surface area (Å²) < 4.78 is 5.99. The van der Waals surface area contributed by atoms with Crippen LogP contribution in [-0.4, -0.2) is 36.6 Å². The molecule has 1 N–H and O–H groups in total. The van der Waals surface area contributed by atoms with Gasteiger partial charge in [0.05, 0.1) is 12.2 Å². The van der Waals surface area contributed by atoms with Crippen molar-refractivity contribution in [2.75, 3.05) is 26.7 Å². The summed E-state index contributed by atoms with van der Waals surface area (Å²) in [5, 5.41) is 3.25. The van der Waals surface area contributed by atoms with Crippen molar-refractivity contribution < 1.29 is 4.42 Å². The molecule has 1 aromatic rings. The zero-order chi connectivity index (χ0) is 15.5. The van der Waals surface area contributed by atoms with Crippen molar-refractivity contribution in [3.8, 4) is 0 Å². The lowest BCUT2D eigenvalue weighted by molar-refractivity contribution is 0.120. The molecule has 120 valence electrons. The molecule has 0 bridgehead atoms. The predicted molar refractivity (Wildman–Crippen MR) is 86.5 cm³/mol. The van der Waals surface area contributed by atoms with Gasteiger partial charge >= 0.3 is 0 Å². The third-order valence-corrected chi connectivity index (χ3v) is 4.62. The van der Waals surface area contributed by atoms with E-state index >= 15 is 0 Å². The van der Waals surface area contributed by atoms with Crippen molar-refractivity contribution in [2.24, 2.45) is 5.92 Å². The molecule has 1 fully saturated rings. The van der Waals surface area contributed by atoms with Crippen molar-refractivity contribution in [2.45, 2.75) is 58.4 Å². The second-order valence-corrected chi connectivity index (χ2v) is 7.36. The van der Waals surface area contributed by atoms with Crippen LogP contribution in [-0.2, 0) is 5.41 Å². The van der Waals surface area contributed by atoms with E-state index in [9.17, 15) is 0 Å². The van der Waals surface area contributed by atoms with Gasteiger partial charge in [0.15, 0.2) is 0 Å². The third kappa shape index (κ3) is 4.30. The first-order valence-electron chi connectivity index (χ1n) is 8.26. The Hall–Kier alpha value is -0.870. The maximum atomic E-state index is 5.99. The molecule has 0 aromatic carbocycles. The van der Waals surface area contributed by atoms with E-state index in [4.69, 9.17) is 4.42 Å². The van der Waals surface area contributed by atoms with E-state index in [0.717, 1.165) is 37.2 Å². The zero-order valence-electron chi connectivity index (χ0n) is 14.3. The van der Waals surface area contributed by atoms with Crippen molar-refractivity contribution in [1.29, 1.82) is 0 Å². The fourth-order valence-corrected chi connectivity index (χ4v) is 2.96. The molecule has 2 rings (SSSR count). The van der Waals surface area contributed by atoms with E-state index < -0.39 is 0 Å². The van der Waals surface area contributed by atoms with Crippen LogP contribution in [0.1, 0.15) is 64.7 Å². The van der Waals surface area contributed by atoms with Crippen LogP contribution in [0.5, 0.6) is 0 Å². The summed E-state index contributed by atoms with van der Waals surface area (Å²) in [6.07, 6.45) is 5.77. The lowest BCUT2D eigenvalue weighted by Gasteiger charge is -2.34. The predicted octanol–water partition coefficient (Wildman–Crippen LogP) is 3.35. The van der Waals surface area contributed by atoms with Crippen molar-refractivity contribution in [3.05, 3.63) is 17.8 Å². The maximum Gasteiger partial charge on any atom is 0.211 e. The molecule has 2 heterocycles. The number of nitrogens with one attached hydrogen (secondary N) is 1. The molecule has 0 radical (unpaired) electrons. The van der Waals surface area contributed by atoms with Crippen molar-refractivity contribution in [3.63, 3.8) is 0 Å². The van der Waals surface area contributed by atoms with E-state index in [-0.39, 0.29) is 11.5 Å². The lowest BCUT2D eigenvalue weighted by atomic mass is 9.93. The highest BCUT2D eigenvalue weighted by molar-refractivity contribution is 5.07. The molecule has 4 heteroatoms. The van der Waals surface area contributed by atoms with Crippen LogP contribution in [0, 0.1) is 5.92 Å². The largest absolute Gasteiger partial charge is 0.443 e. The highest BCUT2D eigenvalue weighted by Crippen LogP contribution is 2.30. The third-order valence-electron chi connectivity index (χ3n) is 4.62. The standard InChI is InChI=1S/C17H31N3O/c1-13(16-19-12-15(21-16)17(2,3)4)20-10-7-14(8-11-20)6-9-18-5/h12-14,18H,6-11H2,1-5H3. The van der Waals surface area contributed by atoms with Gasteiger partial charge in [0.25, 0.3) is 0 Å². The molecule has 1 aliphatic rings. The van der Waals surface area contributed by atoms with E-state index in [1.807, 2.05) is 13.2 Å². The minimum Gasteiger partial charge on any atom is -0.443 e. The van der Waals surface area contributed by atoms with E-state index in [1.165, 1.54) is 19.3 Å². The van der Waals surface area contributed by atoms with Gasteiger partial charge in [-0.25, -0.2) is 4.98 Å². The lowest BCUT2D eigenvalue weighted by Crippen LogP contribution is -2.36. The monoisotopic (exact) mass is 293 g/mol. The van der Waals surface area contributed by atoms with Crippen molar-refractivity contribution in [1.82, 2.24) is 15.2 Å². The Morgan fingerprint density at radius 3 is 2.57 bits per heavy atom. The highest BCUT2D eigenvalue weighted by atomic mass is 16.4. The molecular formula is C17H31N3O. The molecule has 1 atom stereocenters. The molecule has 0 saturated carbocycles. The maximum absolute atomic E-state index is 5.99. The Labute approximate surface area is 129 Å². The smallest absolute Gasteiger partial charge is 0.211 e. The van der Waals surface area contributed by atoms with Crippen LogP contribution in [0.15, 0.2) is 10.6 Å². The minimum atomic E-state index is 0.0329. The first-order valence-corrected chi connectivity index (χ1v) is 8.26. The Kier molecular flexibility index (Phi) is 5.44. The zero-order valence-corrected chi connectivity index (χ0v) is 14.3. The van der Waals surface area contributed by atoms with Crippen LogP contribution in [0.4, 0.5) is 0 Å². The average molecular weight is 293 g/mol. The number of nitrogens with zero attached hydrogens (tertiary/aromatic N) is 2. The fraction of sp³-hybridized carbons (Fsp3) is 0.824. The SMILES string of the molecule is CNCCC1CCN(C(C)c2ncc(C(C)(C)C)o2)CC1. The molecule has 0 spiro atoms. The normalized spacial score (nSPS) is 19.9. The van der Waals surface area contributed by atoms with E-state index in [2.05, 4.69) is 42.9 Å². The van der Waals surface area contributed by atoms with E-state index in [1.54, 1.807) is 0 Å². The molecule has 1 aromatic heterocycles. The quantitative estimate of drug-likeness (QED) is 0.904. The Morgan fingerprint density at radius 2 is 2.05 bits per heavy atom. The highest BCUT2D eigenvalue weighted by Gasteiger charge is 2.27. The van der Waals surface area contributed by atoms with Gasteiger partial charge in [-0.1, -0.05) is 20.8 Å². The molecule has 1 unspecified atom stereocenters. The summed E-state index contributed by atoms with van der Waals surface area (Å²) in [5.41, 5.74) is 0.0329. The summed E-state index contributed by atoms with van der Waals surface area (Å²) in [6.45, 7) is 12.1. The molecule has 1 aliphatic heterocycles. The summed E-state index contributed by atoms with van der Waals surface area (Å²) in [4.78, 5) is 7.02. The van der Waals surface area contributed by atoms with Gasteiger partial charge in [-0.2, -0.15) is 0 Å². The topological polar surface area (TPSA) is 41.3 Å². The second kappa shape index (κ2) is 6.93. The molecule has 0 aliphatic carbocycles. The fourth-order valence-electron chi connectivity index (χ4n) is 2.96. The first kappa shape index (κ1) is 16.5. The second-order valence-electron chi connectivity index (χ2n) is 7.36. The average Bonchev–Trinajstić information content (AvgIpc) is 2.95. The number of oxazole rings is 1. The van der Waals surface area contributed by atoms with Gasteiger partial charge in [0.2, 0.25) is 5.89 Å².